The van der Waals surface area contributed by atoms with Gasteiger partial charge in [0, 0.05) is 5.75 Å². The van der Waals surface area contributed by atoms with E-state index in [0.29, 0.717) is 30.8 Å². The molecule has 0 spiro atoms. The Balaban J connectivity index is 2.63. The zero-order valence-corrected chi connectivity index (χ0v) is 21.0. The highest BCUT2D eigenvalue weighted by molar-refractivity contribution is 7.99. The Bertz CT molecular complexity index is 840. The summed E-state index contributed by atoms with van der Waals surface area (Å²) in [4.78, 5) is 11.4. The van der Waals surface area contributed by atoms with E-state index in [2.05, 4.69) is 36.0 Å². The van der Waals surface area contributed by atoms with E-state index in [1.54, 1.807) is 36.0 Å². The first kappa shape index (κ1) is 28.2. The lowest BCUT2D eigenvalue weighted by Gasteiger charge is -2.16. The van der Waals surface area contributed by atoms with Gasteiger partial charge in [-0.3, -0.25) is 8.98 Å². The average Bonchev–Trinajstić information content (AvgIpc) is 2.77. The number of esters is 1. The Morgan fingerprint density at radius 3 is 2.25 bits per heavy atom. The minimum atomic E-state index is -3.84. The summed E-state index contributed by atoms with van der Waals surface area (Å²) in [6.45, 7) is 4.02. The van der Waals surface area contributed by atoms with Gasteiger partial charge < -0.3 is 4.74 Å². The molecule has 0 heterocycles. The second kappa shape index (κ2) is 16.8. The molecule has 0 aliphatic rings. The fourth-order valence-corrected chi connectivity index (χ4v) is 4.73. The SMILES string of the molecule is CC/C=C\C/C=C\C/C=C\CC(CCSCCC(=O)OC)OS(=O)(=O)c1ccc(C)cc1. The third-order valence-electron chi connectivity index (χ3n) is 4.51. The van der Waals surface area contributed by atoms with Gasteiger partial charge in [-0.25, -0.2) is 0 Å². The first-order valence-corrected chi connectivity index (χ1v) is 13.5. The van der Waals surface area contributed by atoms with Crippen LogP contribution in [-0.4, -0.2) is 39.1 Å². The molecule has 1 atom stereocenters. The van der Waals surface area contributed by atoms with Crippen molar-refractivity contribution >= 4 is 27.8 Å². The molecule has 0 bridgehead atoms. The summed E-state index contributed by atoms with van der Waals surface area (Å²) in [6, 6.07) is 6.66. The van der Waals surface area contributed by atoms with Crippen LogP contribution in [-0.2, 0) is 23.8 Å². The quantitative estimate of drug-likeness (QED) is 0.125. The summed E-state index contributed by atoms with van der Waals surface area (Å²) in [6.07, 6.45) is 16.2. The molecular weight excluding hydrogens is 444 g/mol. The molecule has 1 unspecified atom stereocenters. The van der Waals surface area contributed by atoms with Crippen LogP contribution in [0.15, 0.2) is 65.6 Å². The van der Waals surface area contributed by atoms with Crippen LogP contribution >= 0.6 is 11.8 Å². The highest BCUT2D eigenvalue weighted by Crippen LogP contribution is 2.20. The van der Waals surface area contributed by atoms with Crippen LogP contribution in [0.4, 0.5) is 0 Å². The van der Waals surface area contributed by atoms with Gasteiger partial charge in [0.05, 0.1) is 24.5 Å². The summed E-state index contributed by atoms with van der Waals surface area (Å²) in [5.74, 6) is 1.09. The molecule has 0 aromatic heterocycles. The van der Waals surface area contributed by atoms with Crippen molar-refractivity contribution in [3.05, 3.63) is 66.3 Å². The first-order chi connectivity index (χ1) is 15.4. The van der Waals surface area contributed by atoms with Crippen molar-refractivity contribution in [2.45, 2.75) is 63.4 Å². The van der Waals surface area contributed by atoms with Crippen molar-refractivity contribution < 1.29 is 22.1 Å². The van der Waals surface area contributed by atoms with E-state index in [1.807, 2.05) is 19.1 Å². The third kappa shape index (κ3) is 12.9. The van der Waals surface area contributed by atoms with Crippen molar-refractivity contribution in [1.29, 1.82) is 0 Å². The number of hydrogen-bond donors (Lipinski definition) is 0. The van der Waals surface area contributed by atoms with E-state index >= 15 is 0 Å². The minimum Gasteiger partial charge on any atom is -0.469 e. The lowest BCUT2D eigenvalue weighted by Crippen LogP contribution is -2.19. The highest BCUT2D eigenvalue weighted by Gasteiger charge is 2.21. The van der Waals surface area contributed by atoms with Crippen LogP contribution < -0.4 is 0 Å². The molecule has 0 N–H and O–H groups in total. The van der Waals surface area contributed by atoms with Gasteiger partial charge in [-0.1, -0.05) is 61.1 Å². The molecule has 1 aromatic rings. The molecule has 0 saturated carbocycles. The zero-order chi connectivity index (χ0) is 23.7. The Kier molecular flexibility index (Phi) is 14.8. The van der Waals surface area contributed by atoms with Crippen LogP contribution in [0.25, 0.3) is 0 Å². The lowest BCUT2D eigenvalue weighted by molar-refractivity contribution is -0.140. The maximum Gasteiger partial charge on any atom is 0.306 e. The van der Waals surface area contributed by atoms with Gasteiger partial charge >= 0.3 is 5.97 Å². The first-order valence-electron chi connectivity index (χ1n) is 11.0. The molecule has 0 aliphatic heterocycles. The summed E-state index contributed by atoms with van der Waals surface area (Å²) in [7, 11) is -2.46. The van der Waals surface area contributed by atoms with Gasteiger partial charge in [-0.15, -0.1) is 0 Å². The van der Waals surface area contributed by atoms with E-state index in [1.165, 1.54) is 7.11 Å². The second-order valence-corrected chi connectivity index (χ2v) is 10.0. The maximum absolute atomic E-state index is 12.7. The van der Waals surface area contributed by atoms with Crippen molar-refractivity contribution in [2.75, 3.05) is 18.6 Å². The molecule has 178 valence electrons. The highest BCUT2D eigenvalue weighted by atomic mass is 32.2. The van der Waals surface area contributed by atoms with E-state index in [-0.39, 0.29) is 10.9 Å². The van der Waals surface area contributed by atoms with Crippen molar-refractivity contribution in [3.8, 4) is 0 Å². The summed E-state index contributed by atoms with van der Waals surface area (Å²) < 4.78 is 35.6. The standard InChI is InChI=1S/C25H36O5S2/c1-4-5-6-7-8-9-10-11-12-13-23(18-20-31-21-19-25(26)29-3)30-32(27,28)24-16-14-22(2)15-17-24/h5-6,8-9,11-12,14-17,23H,4,7,10,13,18-21H2,1-3H3/b6-5-,9-8-,12-11-. The minimum absolute atomic E-state index is 0.165. The van der Waals surface area contributed by atoms with Crippen molar-refractivity contribution in [1.82, 2.24) is 0 Å². The summed E-state index contributed by atoms with van der Waals surface area (Å²) in [5.41, 5.74) is 0.990. The van der Waals surface area contributed by atoms with Crippen molar-refractivity contribution in [2.24, 2.45) is 0 Å². The second-order valence-electron chi connectivity index (χ2n) is 7.24. The molecule has 0 amide bonds. The number of ether oxygens (including phenoxy) is 1. The van der Waals surface area contributed by atoms with Gasteiger partial charge in [0.1, 0.15) is 0 Å². The normalized spacial score (nSPS) is 13.3. The Morgan fingerprint density at radius 1 is 1.00 bits per heavy atom. The number of methoxy groups -OCH3 is 1. The van der Waals surface area contributed by atoms with Crippen molar-refractivity contribution in [3.63, 3.8) is 0 Å². The third-order valence-corrected chi connectivity index (χ3v) is 6.91. The maximum atomic E-state index is 12.7. The van der Waals surface area contributed by atoms with Crippen LogP contribution in [0.2, 0.25) is 0 Å². The fraction of sp³-hybridized carbons (Fsp3) is 0.480. The Hall–Kier alpha value is -1.83. The molecule has 1 aromatic carbocycles. The van der Waals surface area contributed by atoms with E-state index < -0.39 is 16.2 Å². The predicted octanol–water partition coefficient (Wildman–Crippen LogP) is 6.00. The van der Waals surface area contributed by atoms with E-state index in [0.717, 1.165) is 24.8 Å². The number of rotatable bonds is 16. The van der Waals surface area contributed by atoms with Crippen LogP contribution in [0, 0.1) is 6.92 Å². The number of benzene rings is 1. The van der Waals surface area contributed by atoms with Crippen LogP contribution in [0.3, 0.4) is 0 Å². The molecule has 0 aliphatic carbocycles. The van der Waals surface area contributed by atoms with Gasteiger partial charge in [-0.2, -0.15) is 20.2 Å². The average molecular weight is 481 g/mol. The number of thioether (sulfide) groups is 1. The molecule has 0 saturated heterocycles. The van der Waals surface area contributed by atoms with Gasteiger partial charge in [0.2, 0.25) is 0 Å². The molecule has 7 heteroatoms. The topological polar surface area (TPSA) is 69.7 Å². The number of aryl methyl sites for hydroxylation is 1. The van der Waals surface area contributed by atoms with E-state index in [9.17, 15) is 13.2 Å². The number of carbonyl (C=O) groups excluding carboxylic acids is 1. The van der Waals surface area contributed by atoms with Gasteiger partial charge in [-0.05, 0) is 56.9 Å². The molecule has 32 heavy (non-hydrogen) atoms. The lowest BCUT2D eigenvalue weighted by atomic mass is 10.2. The number of carbonyl (C=O) groups is 1. The molecule has 0 fully saturated rings. The monoisotopic (exact) mass is 480 g/mol. The summed E-state index contributed by atoms with van der Waals surface area (Å²) >= 11 is 1.59. The molecule has 5 nitrogen and oxygen atoms in total. The summed E-state index contributed by atoms with van der Waals surface area (Å²) in [5, 5.41) is 0. The number of hydrogen-bond acceptors (Lipinski definition) is 6. The molecule has 1 rings (SSSR count). The largest absolute Gasteiger partial charge is 0.469 e. The zero-order valence-electron chi connectivity index (χ0n) is 19.4. The van der Waals surface area contributed by atoms with E-state index in [4.69, 9.17) is 4.18 Å². The van der Waals surface area contributed by atoms with Gasteiger partial charge in [0.25, 0.3) is 10.1 Å². The van der Waals surface area contributed by atoms with Gasteiger partial charge in [0.15, 0.2) is 0 Å². The Morgan fingerprint density at radius 2 is 1.62 bits per heavy atom. The fourth-order valence-electron chi connectivity index (χ4n) is 2.68. The predicted molar refractivity (Wildman–Crippen MR) is 133 cm³/mol. The smallest absolute Gasteiger partial charge is 0.306 e. The van der Waals surface area contributed by atoms with Crippen LogP contribution in [0.1, 0.15) is 51.0 Å². The molecule has 0 radical (unpaired) electrons. The molecular formula is C25H36O5S2. The number of allylic oxidation sites excluding steroid dienone is 5. The Labute approximate surface area is 198 Å². The van der Waals surface area contributed by atoms with Crippen LogP contribution in [0.5, 0.6) is 0 Å².